The number of nitrogens with one attached hydrogen (secondary N) is 1. The second-order valence-electron chi connectivity index (χ2n) is 6.58. The van der Waals surface area contributed by atoms with Crippen LogP contribution in [0.2, 0.25) is 0 Å². The normalized spacial score (nSPS) is 14.3. The minimum absolute atomic E-state index is 0.0843. The monoisotopic (exact) mass is 435 g/mol. The topological polar surface area (TPSA) is 128 Å². The van der Waals surface area contributed by atoms with E-state index in [0.29, 0.717) is 26.3 Å². The molecular weight excluding hydrogens is 414 g/mol. The molecule has 0 radical (unpaired) electrons. The van der Waals surface area contributed by atoms with E-state index in [-0.39, 0.29) is 39.1 Å². The van der Waals surface area contributed by atoms with Crippen molar-refractivity contribution in [1.29, 1.82) is 0 Å². The summed E-state index contributed by atoms with van der Waals surface area (Å²) in [7, 11) is -2.72. The van der Waals surface area contributed by atoms with Crippen LogP contribution in [0, 0.1) is 17.0 Å². The summed E-state index contributed by atoms with van der Waals surface area (Å²) < 4.78 is 38.7. The Kier molecular flexibility index (Phi) is 6.22. The Labute approximate surface area is 173 Å². The van der Waals surface area contributed by atoms with Gasteiger partial charge in [0.1, 0.15) is 5.75 Å². The van der Waals surface area contributed by atoms with Gasteiger partial charge in [-0.05, 0) is 31.2 Å². The number of carbonyl (C=O) groups excluding carboxylic acids is 1. The van der Waals surface area contributed by atoms with Crippen LogP contribution >= 0.6 is 0 Å². The maximum Gasteiger partial charge on any atom is 0.274 e. The number of amides is 1. The number of benzene rings is 2. The molecule has 1 heterocycles. The Bertz CT molecular complexity index is 1080. The highest BCUT2D eigenvalue weighted by molar-refractivity contribution is 7.92. The molecule has 1 aliphatic rings. The van der Waals surface area contributed by atoms with Crippen molar-refractivity contribution in [3.05, 3.63) is 57.6 Å². The van der Waals surface area contributed by atoms with E-state index in [0.717, 1.165) is 0 Å². The molecule has 1 amide bonds. The summed E-state index contributed by atoms with van der Waals surface area (Å²) in [4.78, 5) is 24.8. The van der Waals surface area contributed by atoms with E-state index in [2.05, 4.69) is 4.72 Å². The van der Waals surface area contributed by atoms with Gasteiger partial charge in [0, 0.05) is 19.2 Å². The molecule has 2 aromatic carbocycles. The van der Waals surface area contributed by atoms with E-state index < -0.39 is 14.9 Å². The highest BCUT2D eigenvalue weighted by Gasteiger charge is 2.25. The van der Waals surface area contributed by atoms with Gasteiger partial charge in [0.2, 0.25) is 0 Å². The third kappa shape index (κ3) is 4.36. The third-order valence-corrected chi connectivity index (χ3v) is 6.12. The van der Waals surface area contributed by atoms with E-state index in [1.54, 1.807) is 4.90 Å². The van der Waals surface area contributed by atoms with Crippen molar-refractivity contribution in [2.45, 2.75) is 11.8 Å². The second-order valence-corrected chi connectivity index (χ2v) is 8.26. The molecular formula is C19H21N3O7S. The van der Waals surface area contributed by atoms with Crippen LogP contribution in [0.4, 0.5) is 11.4 Å². The van der Waals surface area contributed by atoms with Crippen LogP contribution in [0.5, 0.6) is 5.75 Å². The molecule has 160 valence electrons. The first-order valence-corrected chi connectivity index (χ1v) is 10.5. The van der Waals surface area contributed by atoms with Gasteiger partial charge in [-0.2, -0.15) is 0 Å². The average molecular weight is 435 g/mol. The van der Waals surface area contributed by atoms with Crippen LogP contribution in [-0.4, -0.2) is 57.6 Å². The Morgan fingerprint density at radius 3 is 2.57 bits per heavy atom. The van der Waals surface area contributed by atoms with Gasteiger partial charge < -0.3 is 14.4 Å². The lowest BCUT2D eigenvalue weighted by Crippen LogP contribution is -2.40. The molecule has 0 saturated carbocycles. The molecule has 0 aliphatic carbocycles. The molecule has 2 aromatic rings. The number of ether oxygens (including phenoxy) is 2. The van der Waals surface area contributed by atoms with Crippen molar-refractivity contribution >= 4 is 27.3 Å². The molecule has 1 fully saturated rings. The molecule has 1 N–H and O–H groups in total. The van der Waals surface area contributed by atoms with E-state index in [9.17, 15) is 23.3 Å². The predicted octanol–water partition coefficient (Wildman–Crippen LogP) is 2.19. The van der Waals surface area contributed by atoms with Crippen molar-refractivity contribution in [3.63, 3.8) is 0 Å². The number of hydrogen-bond donors (Lipinski definition) is 1. The first kappa shape index (κ1) is 21.5. The van der Waals surface area contributed by atoms with Crippen molar-refractivity contribution < 1.29 is 27.6 Å². The molecule has 30 heavy (non-hydrogen) atoms. The van der Waals surface area contributed by atoms with Crippen LogP contribution in [0.15, 0.2) is 41.3 Å². The largest absolute Gasteiger partial charge is 0.496 e. The van der Waals surface area contributed by atoms with Gasteiger partial charge in [0.15, 0.2) is 0 Å². The Morgan fingerprint density at radius 2 is 1.93 bits per heavy atom. The minimum atomic E-state index is -4.11. The lowest BCUT2D eigenvalue weighted by molar-refractivity contribution is -0.385. The van der Waals surface area contributed by atoms with Crippen molar-refractivity contribution in [3.8, 4) is 5.75 Å². The van der Waals surface area contributed by atoms with E-state index in [1.165, 1.54) is 50.4 Å². The predicted molar refractivity (Wildman–Crippen MR) is 108 cm³/mol. The average Bonchev–Trinajstić information content (AvgIpc) is 2.74. The Hall–Kier alpha value is -3.18. The maximum atomic E-state index is 12.9. The van der Waals surface area contributed by atoms with Crippen molar-refractivity contribution in [2.75, 3.05) is 38.1 Å². The first-order chi connectivity index (χ1) is 14.2. The van der Waals surface area contributed by atoms with Crippen molar-refractivity contribution in [2.24, 2.45) is 0 Å². The molecule has 0 aromatic heterocycles. The van der Waals surface area contributed by atoms with Gasteiger partial charge in [-0.1, -0.05) is 6.07 Å². The van der Waals surface area contributed by atoms with Gasteiger partial charge in [-0.15, -0.1) is 0 Å². The zero-order valence-corrected chi connectivity index (χ0v) is 17.3. The summed E-state index contributed by atoms with van der Waals surface area (Å²) in [6.45, 7) is 3.05. The molecule has 1 saturated heterocycles. The number of nitrogens with zero attached hydrogens (tertiary/aromatic N) is 2. The van der Waals surface area contributed by atoms with Crippen LogP contribution in [-0.2, 0) is 14.8 Å². The molecule has 0 spiro atoms. The number of morpholine rings is 1. The number of nitro groups is 1. The fourth-order valence-electron chi connectivity index (χ4n) is 3.09. The van der Waals surface area contributed by atoms with Crippen LogP contribution in [0.1, 0.15) is 15.9 Å². The van der Waals surface area contributed by atoms with Gasteiger partial charge in [0.25, 0.3) is 21.6 Å². The lowest BCUT2D eigenvalue weighted by Gasteiger charge is -2.27. The fraction of sp³-hybridized carbons (Fsp3) is 0.316. The molecule has 10 nitrogen and oxygen atoms in total. The molecule has 0 unspecified atom stereocenters. The number of sulfonamides is 1. The summed E-state index contributed by atoms with van der Waals surface area (Å²) in [5.41, 5.74) is 0.177. The molecule has 3 rings (SSSR count). The van der Waals surface area contributed by atoms with Gasteiger partial charge in [-0.3, -0.25) is 19.6 Å². The van der Waals surface area contributed by atoms with Gasteiger partial charge >= 0.3 is 0 Å². The molecule has 0 bridgehead atoms. The number of rotatable bonds is 6. The number of hydrogen-bond acceptors (Lipinski definition) is 7. The first-order valence-electron chi connectivity index (χ1n) is 9.06. The minimum Gasteiger partial charge on any atom is -0.496 e. The van der Waals surface area contributed by atoms with E-state index in [4.69, 9.17) is 9.47 Å². The molecule has 0 atom stereocenters. The Morgan fingerprint density at radius 1 is 1.23 bits per heavy atom. The third-order valence-electron chi connectivity index (χ3n) is 4.76. The number of carbonyl (C=O) groups is 1. The van der Waals surface area contributed by atoms with E-state index >= 15 is 0 Å². The zero-order valence-electron chi connectivity index (χ0n) is 16.5. The highest BCUT2D eigenvalue weighted by atomic mass is 32.2. The molecule has 11 heteroatoms. The fourth-order valence-corrected chi connectivity index (χ4v) is 4.24. The lowest BCUT2D eigenvalue weighted by atomic mass is 10.1. The summed E-state index contributed by atoms with van der Waals surface area (Å²) in [5.74, 6) is -0.115. The van der Waals surface area contributed by atoms with Gasteiger partial charge in [-0.25, -0.2) is 8.42 Å². The molecule has 1 aliphatic heterocycles. The maximum absolute atomic E-state index is 12.9. The summed E-state index contributed by atoms with van der Waals surface area (Å²) >= 11 is 0. The smallest absolute Gasteiger partial charge is 0.274 e. The van der Waals surface area contributed by atoms with E-state index in [1.807, 2.05) is 0 Å². The standard InChI is InChI=1S/C19H21N3O7S/c1-13-16(4-3-5-17(13)22(24)25)20-30(26,27)14-6-7-18(28-2)15(12-14)19(23)21-8-10-29-11-9-21/h3-7,12,20H,8-11H2,1-2H3. The van der Waals surface area contributed by atoms with Crippen LogP contribution in [0.3, 0.4) is 0 Å². The quantitative estimate of drug-likeness (QED) is 0.544. The highest BCUT2D eigenvalue weighted by Crippen LogP contribution is 2.29. The summed E-state index contributed by atoms with van der Waals surface area (Å²) in [6.07, 6.45) is 0. The summed E-state index contributed by atoms with van der Waals surface area (Å²) in [6, 6.07) is 8.07. The Balaban J connectivity index is 1.96. The second kappa shape index (κ2) is 8.67. The SMILES string of the molecule is COc1ccc(S(=O)(=O)Nc2cccc([N+](=O)[O-])c2C)cc1C(=O)N1CCOCC1. The number of nitro benzene ring substituents is 1. The number of methoxy groups -OCH3 is 1. The van der Waals surface area contributed by atoms with Crippen LogP contribution in [0.25, 0.3) is 0 Å². The zero-order chi connectivity index (χ0) is 21.9. The van der Waals surface area contributed by atoms with Crippen LogP contribution < -0.4 is 9.46 Å². The number of anilines is 1. The van der Waals surface area contributed by atoms with Gasteiger partial charge in [0.05, 0.1) is 47.0 Å². The van der Waals surface area contributed by atoms with Crippen molar-refractivity contribution in [1.82, 2.24) is 4.90 Å². The summed E-state index contributed by atoms with van der Waals surface area (Å²) in [5, 5.41) is 11.1.